The van der Waals surface area contributed by atoms with Gasteiger partial charge < -0.3 is 0 Å². The van der Waals surface area contributed by atoms with Crippen molar-refractivity contribution in [3.05, 3.63) is 49.4 Å². The summed E-state index contributed by atoms with van der Waals surface area (Å²) >= 11 is 4.22. The van der Waals surface area contributed by atoms with E-state index in [0.717, 1.165) is 11.3 Å². The zero-order chi connectivity index (χ0) is 15.6. The highest BCUT2D eigenvalue weighted by Gasteiger charge is 2.15. The van der Waals surface area contributed by atoms with Crippen molar-refractivity contribution in [3.8, 4) is 0 Å². The van der Waals surface area contributed by atoms with E-state index in [1.54, 1.807) is 0 Å². The van der Waals surface area contributed by atoms with Gasteiger partial charge in [0.25, 0.3) is 11.6 Å². The minimum absolute atomic E-state index is 0.121. The van der Waals surface area contributed by atoms with Gasteiger partial charge in [0.2, 0.25) is 0 Å². The van der Waals surface area contributed by atoms with Crippen molar-refractivity contribution in [2.24, 2.45) is 0 Å². The van der Waals surface area contributed by atoms with Gasteiger partial charge in [0.05, 0.1) is 4.92 Å². The second kappa shape index (κ2) is 6.10. The van der Waals surface area contributed by atoms with Gasteiger partial charge >= 0.3 is 0 Å². The molecule has 7 nitrogen and oxygen atoms in total. The van der Waals surface area contributed by atoms with Crippen LogP contribution in [0.1, 0.15) is 27.8 Å². The highest BCUT2D eigenvalue weighted by atomic mass is 79.9. The van der Waals surface area contributed by atoms with E-state index in [0.29, 0.717) is 4.47 Å². The third kappa shape index (κ3) is 3.70. The zero-order valence-electron chi connectivity index (χ0n) is 10.6. The average molecular weight is 370 g/mol. The Hall–Kier alpha value is -2.13. The number of nitro benzene ring substituents is 1. The molecule has 0 saturated carbocycles. The molecule has 2 rings (SSSR count). The molecular weight excluding hydrogens is 362 g/mol. The summed E-state index contributed by atoms with van der Waals surface area (Å²) in [6.45, 7) is 1.37. The minimum Gasteiger partial charge on any atom is -0.298 e. The topological polar surface area (TPSA) is 102 Å². The van der Waals surface area contributed by atoms with Crippen molar-refractivity contribution < 1.29 is 14.5 Å². The largest absolute Gasteiger partial charge is 0.298 e. The lowest BCUT2D eigenvalue weighted by Gasteiger charge is -2.02. The maximum atomic E-state index is 12.0. The molecule has 0 saturated heterocycles. The van der Waals surface area contributed by atoms with Crippen LogP contribution in [0.5, 0.6) is 0 Å². The van der Waals surface area contributed by atoms with Gasteiger partial charge in [-0.1, -0.05) is 15.9 Å². The second-order valence-corrected chi connectivity index (χ2v) is 5.78. The van der Waals surface area contributed by atoms with E-state index in [9.17, 15) is 19.7 Å². The highest BCUT2D eigenvalue weighted by Crippen LogP contribution is 2.23. The van der Waals surface area contributed by atoms with Crippen LogP contribution >= 0.6 is 27.3 Å². The predicted octanol–water partition coefficient (Wildman–Crippen LogP) is 3.27. The fraction of sp³-hybridized carbons (Fsp3) is 0.0833. The zero-order valence-corrected chi connectivity index (χ0v) is 13.0. The van der Waals surface area contributed by atoms with Crippen molar-refractivity contribution in [1.82, 2.24) is 4.98 Å². The number of thiazole rings is 1. The summed E-state index contributed by atoms with van der Waals surface area (Å²) in [6.07, 6.45) is 0. The lowest BCUT2D eigenvalue weighted by molar-refractivity contribution is -0.384. The first-order valence-electron chi connectivity index (χ1n) is 5.59. The maximum absolute atomic E-state index is 12.0. The van der Waals surface area contributed by atoms with E-state index in [-0.39, 0.29) is 27.9 Å². The number of amides is 1. The Morgan fingerprint density at radius 2 is 2.10 bits per heavy atom. The number of aromatic nitrogens is 1. The van der Waals surface area contributed by atoms with Crippen molar-refractivity contribution in [2.45, 2.75) is 6.92 Å². The standard InChI is InChI=1S/C12H8BrN3O4S/c1-6(17)10-5-21-12(14-10)15-11(18)7-2-8(13)4-9(3-7)16(19)20/h2-5H,1H3,(H,14,15,18). The Morgan fingerprint density at radius 3 is 2.67 bits per heavy atom. The van der Waals surface area contributed by atoms with Gasteiger partial charge in [-0.05, 0) is 6.07 Å². The summed E-state index contributed by atoms with van der Waals surface area (Å²) in [5.74, 6) is -0.742. The molecule has 0 aliphatic carbocycles. The Morgan fingerprint density at radius 1 is 1.38 bits per heavy atom. The average Bonchev–Trinajstić information content (AvgIpc) is 2.86. The van der Waals surface area contributed by atoms with Crippen LogP contribution in [0.2, 0.25) is 0 Å². The summed E-state index contributed by atoms with van der Waals surface area (Å²) < 4.78 is 0.422. The molecular formula is C12H8BrN3O4S. The third-order valence-corrected chi connectivity index (χ3v) is 3.66. The normalized spacial score (nSPS) is 10.2. The van der Waals surface area contributed by atoms with Gasteiger partial charge in [0, 0.05) is 34.5 Å². The number of halogens is 1. The maximum Gasteiger partial charge on any atom is 0.271 e. The lowest BCUT2D eigenvalue weighted by atomic mass is 10.2. The number of ketones is 1. The number of anilines is 1. The number of nitrogens with zero attached hydrogens (tertiary/aromatic N) is 2. The molecule has 1 aromatic carbocycles. The van der Waals surface area contributed by atoms with Gasteiger partial charge in [-0.15, -0.1) is 11.3 Å². The molecule has 0 bridgehead atoms. The van der Waals surface area contributed by atoms with Gasteiger partial charge in [-0.3, -0.25) is 25.0 Å². The number of carbonyl (C=O) groups is 2. The first-order valence-corrected chi connectivity index (χ1v) is 7.27. The number of rotatable bonds is 4. The smallest absolute Gasteiger partial charge is 0.271 e. The molecule has 0 fully saturated rings. The highest BCUT2D eigenvalue weighted by molar-refractivity contribution is 9.10. The van der Waals surface area contributed by atoms with Crippen LogP contribution in [-0.4, -0.2) is 21.6 Å². The van der Waals surface area contributed by atoms with Crippen LogP contribution in [0, 0.1) is 10.1 Å². The van der Waals surface area contributed by atoms with Crippen molar-refractivity contribution in [1.29, 1.82) is 0 Å². The van der Waals surface area contributed by atoms with Crippen LogP contribution in [0.15, 0.2) is 28.1 Å². The Labute approximate surface area is 131 Å². The van der Waals surface area contributed by atoms with Crippen LogP contribution in [0.25, 0.3) is 0 Å². The molecule has 0 aliphatic rings. The summed E-state index contributed by atoms with van der Waals surface area (Å²) in [7, 11) is 0. The minimum atomic E-state index is -0.585. The number of nitrogens with one attached hydrogen (secondary N) is 1. The molecule has 1 amide bonds. The number of hydrogen-bond acceptors (Lipinski definition) is 6. The summed E-state index contributed by atoms with van der Waals surface area (Å²) in [4.78, 5) is 37.3. The molecule has 0 aliphatic heterocycles. The quantitative estimate of drug-likeness (QED) is 0.506. The molecule has 1 heterocycles. The second-order valence-electron chi connectivity index (χ2n) is 4.00. The van der Waals surface area contributed by atoms with Crippen molar-refractivity contribution in [3.63, 3.8) is 0 Å². The monoisotopic (exact) mass is 369 g/mol. The first kappa shape index (κ1) is 15.3. The molecule has 21 heavy (non-hydrogen) atoms. The van der Waals surface area contributed by atoms with E-state index in [1.165, 1.54) is 30.5 Å². The van der Waals surface area contributed by atoms with Crippen molar-refractivity contribution >= 4 is 49.8 Å². The number of carbonyl (C=O) groups excluding carboxylic acids is 2. The van der Waals surface area contributed by atoms with E-state index < -0.39 is 10.8 Å². The summed E-state index contributed by atoms with van der Waals surface area (Å²) in [5.41, 5.74) is 0.185. The van der Waals surface area contributed by atoms with Crippen LogP contribution in [0.4, 0.5) is 10.8 Å². The molecule has 9 heteroatoms. The van der Waals surface area contributed by atoms with E-state index in [2.05, 4.69) is 26.2 Å². The Balaban J connectivity index is 2.23. The van der Waals surface area contributed by atoms with Crippen molar-refractivity contribution in [2.75, 3.05) is 5.32 Å². The van der Waals surface area contributed by atoms with Gasteiger partial charge in [0.1, 0.15) is 5.69 Å². The molecule has 1 aromatic heterocycles. The number of Topliss-reactive ketones (excluding diaryl/α,β-unsaturated/α-hetero) is 1. The SMILES string of the molecule is CC(=O)c1csc(NC(=O)c2cc(Br)cc([N+](=O)[O-])c2)n1. The fourth-order valence-corrected chi connectivity index (χ4v) is 2.70. The molecule has 0 atom stereocenters. The Kier molecular flexibility index (Phi) is 4.43. The first-order chi connectivity index (χ1) is 9.86. The predicted molar refractivity (Wildman–Crippen MR) is 80.9 cm³/mol. The van der Waals surface area contributed by atoms with Gasteiger partial charge in [0.15, 0.2) is 10.9 Å². The number of non-ortho nitro benzene ring substituents is 1. The third-order valence-electron chi connectivity index (χ3n) is 2.44. The number of benzene rings is 1. The fourth-order valence-electron chi connectivity index (χ4n) is 1.47. The molecule has 1 N–H and O–H groups in total. The molecule has 0 radical (unpaired) electrons. The molecule has 2 aromatic rings. The van der Waals surface area contributed by atoms with E-state index >= 15 is 0 Å². The molecule has 0 spiro atoms. The Bertz CT molecular complexity index is 744. The number of nitro groups is 1. The molecule has 0 unspecified atom stereocenters. The van der Waals surface area contributed by atoms with Gasteiger partial charge in [-0.2, -0.15) is 0 Å². The van der Waals surface area contributed by atoms with Crippen LogP contribution < -0.4 is 5.32 Å². The number of hydrogen-bond donors (Lipinski definition) is 1. The van der Waals surface area contributed by atoms with Crippen LogP contribution in [-0.2, 0) is 0 Å². The van der Waals surface area contributed by atoms with Gasteiger partial charge in [-0.25, -0.2) is 4.98 Å². The van der Waals surface area contributed by atoms with Crippen LogP contribution in [0.3, 0.4) is 0 Å². The summed E-state index contributed by atoms with van der Waals surface area (Å²) in [6, 6.07) is 3.93. The van der Waals surface area contributed by atoms with E-state index in [4.69, 9.17) is 0 Å². The summed E-state index contributed by atoms with van der Waals surface area (Å²) in [5, 5.41) is 15.1. The molecule has 108 valence electrons. The lowest BCUT2D eigenvalue weighted by Crippen LogP contribution is -2.12. The van der Waals surface area contributed by atoms with E-state index in [1.807, 2.05) is 0 Å².